The third-order valence-electron chi connectivity index (χ3n) is 8.85. The molecule has 0 aromatic heterocycles. The van der Waals surface area contributed by atoms with E-state index in [-0.39, 0.29) is 5.91 Å². The minimum atomic E-state index is 0.159. The topological polar surface area (TPSA) is 29.1 Å². The van der Waals surface area contributed by atoms with Crippen molar-refractivity contribution in [3.05, 3.63) is 0 Å². The third kappa shape index (κ3) is 2.46. The summed E-state index contributed by atoms with van der Waals surface area (Å²) in [5.41, 5.74) is 1.24. The molecule has 4 rings (SSSR count). The van der Waals surface area contributed by atoms with Crippen LogP contribution < -0.4 is 5.32 Å². The van der Waals surface area contributed by atoms with Crippen molar-refractivity contribution < 1.29 is 4.79 Å². The molecule has 4 saturated carbocycles. The highest BCUT2D eigenvalue weighted by Gasteiger charge is 2.57. The van der Waals surface area contributed by atoms with E-state index in [4.69, 9.17) is 0 Å². The lowest BCUT2D eigenvalue weighted by Gasteiger charge is -2.60. The highest BCUT2D eigenvalue weighted by atomic mass is 16.1. The Morgan fingerprint density at radius 3 is 2.57 bits per heavy atom. The molecule has 0 heterocycles. The number of hydrogen-bond donors (Lipinski definition) is 1. The number of fused-ring (bicyclic) bond motifs is 5. The van der Waals surface area contributed by atoms with Gasteiger partial charge in [0.2, 0.25) is 5.91 Å². The van der Waals surface area contributed by atoms with Crippen LogP contribution in [0.5, 0.6) is 0 Å². The van der Waals surface area contributed by atoms with Gasteiger partial charge in [-0.05, 0) is 92.3 Å². The van der Waals surface area contributed by atoms with Crippen LogP contribution in [0.1, 0.15) is 85.0 Å². The van der Waals surface area contributed by atoms with Gasteiger partial charge in [-0.15, -0.1) is 0 Å². The molecule has 0 saturated heterocycles. The average molecular weight is 318 g/mol. The normalized spacial score (nSPS) is 52.2. The van der Waals surface area contributed by atoms with Crippen LogP contribution >= 0.6 is 0 Å². The lowest BCUT2D eigenvalue weighted by molar-refractivity contribution is -0.124. The number of hydrogen-bond acceptors (Lipinski definition) is 1. The summed E-state index contributed by atoms with van der Waals surface area (Å²) in [6.07, 6.45) is 14.1. The summed E-state index contributed by atoms with van der Waals surface area (Å²) in [5.74, 6) is 4.00. The zero-order valence-electron chi connectivity index (χ0n) is 15.4. The second-order valence-electron chi connectivity index (χ2n) is 9.91. The van der Waals surface area contributed by atoms with Crippen molar-refractivity contribution in [1.82, 2.24) is 5.32 Å². The molecule has 0 spiro atoms. The Labute approximate surface area is 142 Å². The SMILES string of the molecule is CC(=O)N[C@H]1CC[C@@]2(C)[C@@H](CC[C@H]3[C@@H]4CCC[C@@]4(C)CC[C@@H]32)C1. The molecule has 0 aromatic carbocycles. The molecule has 0 aliphatic heterocycles. The van der Waals surface area contributed by atoms with Crippen molar-refractivity contribution >= 4 is 5.91 Å². The molecule has 4 aliphatic carbocycles. The molecule has 1 N–H and O–H groups in total. The molecular formula is C21H35NO. The Morgan fingerprint density at radius 2 is 1.78 bits per heavy atom. The maximum absolute atomic E-state index is 11.4. The van der Waals surface area contributed by atoms with E-state index in [1.165, 1.54) is 64.2 Å². The van der Waals surface area contributed by atoms with E-state index >= 15 is 0 Å². The molecule has 4 aliphatic rings. The van der Waals surface area contributed by atoms with Crippen molar-refractivity contribution in [2.24, 2.45) is 34.5 Å². The predicted octanol–water partition coefficient (Wildman–Crippen LogP) is 4.92. The summed E-state index contributed by atoms with van der Waals surface area (Å²) in [6.45, 7) is 6.89. The van der Waals surface area contributed by atoms with Gasteiger partial charge < -0.3 is 5.32 Å². The van der Waals surface area contributed by atoms with Gasteiger partial charge in [0.15, 0.2) is 0 Å². The first kappa shape index (κ1) is 16.0. The van der Waals surface area contributed by atoms with Crippen LogP contribution in [0.4, 0.5) is 0 Å². The molecule has 1 amide bonds. The molecule has 2 heteroatoms. The molecule has 2 nitrogen and oxygen atoms in total. The fourth-order valence-electron chi connectivity index (χ4n) is 7.67. The van der Waals surface area contributed by atoms with E-state index in [9.17, 15) is 4.79 Å². The molecule has 4 fully saturated rings. The van der Waals surface area contributed by atoms with Gasteiger partial charge in [-0.25, -0.2) is 0 Å². The van der Waals surface area contributed by atoms with Crippen LogP contribution in [0.2, 0.25) is 0 Å². The zero-order chi connectivity index (χ0) is 16.2. The second kappa shape index (κ2) is 5.49. The van der Waals surface area contributed by atoms with E-state index in [2.05, 4.69) is 19.2 Å². The highest BCUT2D eigenvalue weighted by Crippen LogP contribution is 2.66. The minimum Gasteiger partial charge on any atom is -0.354 e. The largest absolute Gasteiger partial charge is 0.354 e. The van der Waals surface area contributed by atoms with Crippen molar-refractivity contribution in [2.45, 2.75) is 91.0 Å². The zero-order valence-corrected chi connectivity index (χ0v) is 15.4. The van der Waals surface area contributed by atoms with Crippen LogP contribution in [0.3, 0.4) is 0 Å². The lowest BCUT2D eigenvalue weighted by Crippen LogP contribution is -2.54. The first-order valence-corrected chi connectivity index (χ1v) is 10.2. The first-order valence-electron chi connectivity index (χ1n) is 10.2. The average Bonchev–Trinajstić information content (AvgIpc) is 2.89. The van der Waals surface area contributed by atoms with E-state index in [0.717, 1.165) is 23.7 Å². The quantitative estimate of drug-likeness (QED) is 0.730. The van der Waals surface area contributed by atoms with Crippen molar-refractivity contribution in [2.75, 3.05) is 0 Å². The van der Waals surface area contributed by atoms with E-state index in [0.29, 0.717) is 16.9 Å². The maximum Gasteiger partial charge on any atom is 0.217 e. The fraction of sp³-hybridized carbons (Fsp3) is 0.952. The summed E-state index contributed by atoms with van der Waals surface area (Å²) in [7, 11) is 0. The lowest BCUT2D eigenvalue weighted by atomic mass is 9.45. The molecule has 23 heavy (non-hydrogen) atoms. The maximum atomic E-state index is 11.4. The Morgan fingerprint density at radius 1 is 0.957 bits per heavy atom. The fourth-order valence-corrected chi connectivity index (χ4v) is 7.67. The Balaban J connectivity index is 1.53. The van der Waals surface area contributed by atoms with Gasteiger partial charge in [-0.2, -0.15) is 0 Å². The van der Waals surface area contributed by atoms with Crippen LogP contribution in [0, 0.1) is 34.5 Å². The number of carbonyl (C=O) groups excluding carboxylic acids is 1. The summed E-state index contributed by atoms with van der Waals surface area (Å²) >= 11 is 0. The van der Waals surface area contributed by atoms with Crippen molar-refractivity contribution in [3.8, 4) is 0 Å². The second-order valence-corrected chi connectivity index (χ2v) is 9.91. The van der Waals surface area contributed by atoms with E-state index < -0.39 is 0 Å². The summed E-state index contributed by atoms with van der Waals surface area (Å²) < 4.78 is 0. The van der Waals surface area contributed by atoms with E-state index in [1.807, 2.05) is 0 Å². The number of amides is 1. The molecule has 130 valence electrons. The van der Waals surface area contributed by atoms with Crippen LogP contribution in [-0.4, -0.2) is 11.9 Å². The van der Waals surface area contributed by atoms with Gasteiger partial charge in [0.25, 0.3) is 0 Å². The van der Waals surface area contributed by atoms with Crippen molar-refractivity contribution in [3.63, 3.8) is 0 Å². The van der Waals surface area contributed by atoms with Gasteiger partial charge in [-0.3, -0.25) is 4.79 Å². The summed E-state index contributed by atoms with van der Waals surface area (Å²) in [4.78, 5) is 11.4. The molecule has 7 atom stereocenters. The molecular weight excluding hydrogens is 282 g/mol. The standard InChI is InChI=1S/C21H35NO/c1-14(23)22-16-8-12-21(3)15(13-16)6-7-17-18-5-4-10-20(18,2)11-9-19(17)21/h15-19H,4-13H2,1-3H3,(H,22,23)/t15-,16-,17-,18-,19-,20-,21-/m0/s1. The van der Waals surface area contributed by atoms with Crippen molar-refractivity contribution in [1.29, 1.82) is 0 Å². The van der Waals surface area contributed by atoms with E-state index in [1.54, 1.807) is 6.92 Å². The summed E-state index contributed by atoms with van der Waals surface area (Å²) in [6, 6.07) is 0.447. The molecule has 0 unspecified atom stereocenters. The smallest absolute Gasteiger partial charge is 0.217 e. The van der Waals surface area contributed by atoms with Gasteiger partial charge in [0.1, 0.15) is 0 Å². The molecule has 0 aromatic rings. The van der Waals surface area contributed by atoms with Crippen LogP contribution in [0.25, 0.3) is 0 Å². The number of carbonyl (C=O) groups is 1. The third-order valence-corrected chi connectivity index (χ3v) is 8.85. The number of rotatable bonds is 1. The molecule has 0 radical (unpaired) electrons. The molecule has 0 bridgehead atoms. The highest BCUT2D eigenvalue weighted by molar-refractivity contribution is 5.73. The number of nitrogens with one attached hydrogen (secondary N) is 1. The summed E-state index contributed by atoms with van der Waals surface area (Å²) in [5, 5.41) is 3.21. The minimum absolute atomic E-state index is 0.159. The van der Waals surface area contributed by atoms with Gasteiger partial charge >= 0.3 is 0 Å². The van der Waals surface area contributed by atoms with Gasteiger partial charge in [0.05, 0.1) is 0 Å². The Bertz CT molecular complexity index is 488. The first-order chi connectivity index (χ1) is 10.9. The Hall–Kier alpha value is -0.530. The van der Waals surface area contributed by atoms with Crippen LogP contribution in [-0.2, 0) is 4.79 Å². The van der Waals surface area contributed by atoms with Gasteiger partial charge in [0, 0.05) is 13.0 Å². The Kier molecular flexibility index (Phi) is 3.81. The van der Waals surface area contributed by atoms with Crippen LogP contribution in [0.15, 0.2) is 0 Å². The monoisotopic (exact) mass is 317 g/mol. The predicted molar refractivity (Wildman–Crippen MR) is 93.9 cm³/mol. The van der Waals surface area contributed by atoms with Gasteiger partial charge in [-0.1, -0.05) is 20.3 Å².